The smallest absolute Gasteiger partial charge is 0.357 e. The molecule has 0 spiro atoms. The van der Waals surface area contributed by atoms with E-state index in [-0.39, 0.29) is 5.69 Å². The monoisotopic (exact) mass is 219 g/mol. The van der Waals surface area contributed by atoms with Gasteiger partial charge in [0.05, 0.1) is 11.8 Å². The first-order valence-electron chi connectivity index (χ1n) is 4.99. The van der Waals surface area contributed by atoms with E-state index < -0.39 is 11.6 Å². The normalized spacial score (nSPS) is 11.7. The molecule has 5 heteroatoms. The molecule has 2 aromatic heterocycles. The molecule has 0 aromatic carbocycles. The summed E-state index contributed by atoms with van der Waals surface area (Å²) in [6.07, 6.45) is 1.54. The van der Waals surface area contributed by atoms with Gasteiger partial charge >= 0.3 is 5.97 Å². The number of aromatic amines is 1. The molecule has 0 fully saturated rings. The molecule has 1 N–H and O–H groups in total. The number of hydrogen-bond donors (Lipinski definition) is 1. The van der Waals surface area contributed by atoms with Gasteiger partial charge in [0.1, 0.15) is 5.60 Å². The van der Waals surface area contributed by atoms with Crippen molar-refractivity contribution in [2.75, 3.05) is 0 Å². The molecule has 16 heavy (non-hydrogen) atoms. The Kier molecular flexibility index (Phi) is 2.38. The average molecular weight is 219 g/mol. The lowest BCUT2D eigenvalue weighted by atomic mass is 10.2. The summed E-state index contributed by atoms with van der Waals surface area (Å²) in [6, 6.07) is 3.38. The first-order chi connectivity index (χ1) is 7.46. The van der Waals surface area contributed by atoms with Crippen LogP contribution in [0.2, 0.25) is 0 Å². The summed E-state index contributed by atoms with van der Waals surface area (Å²) >= 11 is 0. The Bertz CT molecular complexity index is 525. The van der Waals surface area contributed by atoms with Gasteiger partial charge in [-0.05, 0) is 32.9 Å². The topological polar surface area (TPSA) is 67.9 Å². The quantitative estimate of drug-likeness (QED) is 0.744. The molecule has 0 bridgehead atoms. The van der Waals surface area contributed by atoms with Crippen molar-refractivity contribution >= 4 is 17.1 Å². The number of ether oxygens (including phenoxy) is 1. The van der Waals surface area contributed by atoms with Crippen LogP contribution in [-0.4, -0.2) is 26.5 Å². The molecule has 0 aliphatic heterocycles. The molecule has 5 nitrogen and oxygen atoms in total. The van der Waals surface area contributed by atoms with E-state index >= 15 is 0 Å². The summed E-state index contributed by atoms with van der Waals surface area (Å²) in [5, 5.41) is 0. The Morgan fingerprint density at radius 2 is 2.12 bits per heavy atom. The zero-order valence-electron chi connectivity index (χ0n) is 9.44. The largest absolute Gasteiger partial charge is 0.455 e. The summed E-state index contributed by atoms with van der Waals surface area (Å²) < 4.78 is 5.21. The zero-order chi connectivity index (χ0) is 11.8. The van der Waals surface area contributed by atoms with Crippen LogP contribution < -0.4 is 0 Å². The van der Waals surface area contributed by atoms with Crippen LogP contribution in [0.25, 0.3) is 11.2 Å². The van der Waals surface area contributed by atoms with Crippen molar-refractivity contribution in [3.05, 3.63) is 24.2 Å². The van der Waals surface area contributed by atoms with Crippen molar-refractivity contribution in [2.45, 2.75) is 26.4 Å². The molecular formula is C11H13N3O2. The second kappa shape index (κ2) is 3.59. The highest BCUT2D eigenvalue weighted by atomic mass is 16.6. The highest BCUT2D eigenvalue weighted by Gasteiger charge is 2.19. The summed E-state index contributed by atoms with van der Waals surface area (Å²) in [4.78, 5) is 22.7. The number of fused-ring (bicyclic) bond motifs is 1. The average Bonchev–Trinajstić information content (AvgIpc) is 2.61. The zero-order valence-corrected chi connectivity index (χ0v) is 9.44. The lowest BCUT2D eigenvalue weighted by Crippen LogP contribution is -2.24. The number of esters is 1. The lowest BCUT2D eigenvalue weighted by Gasteiger charge is -2.18. The minimum atomic E-state index is -0.515. The van der Waals surface area contributed by atoms with Gasteiger partial charge in [-0.2, -0.15) is 0 Å². The van der Waals surface area contributed by atoms with Gasteiger partial charge < -0.3 is 9.72 Å². The number of H-pyrrole nitrogens is 1. The third-order valence-electron chi connectivity index (χ3n) is 1.89. The van der Waals surface area contributed by atoms with E-state index in [4.69, 9.17) is 4.74 Å². The maximum Gasteiger partial charge on any atom is 0.357 e. The summed E-state index contributed by atoms with van der Waals surface area (Å²) in [5.41, 5.74) is 1.07. The van der Waals surface area contributed by atoms with Crippen LogP contribution >= 0.6 is 0 Å². The molecular weight excluding hydrogens is 206 g/mol. The SMILES string of the molecule is CC(C)(C)OC(=O)c1ccc2[nH]cnc2n1. The van der Waals surface area contributed by atoms with Crippen LogP contribution in [-0.2, 0) is 4.74 Å². The van der Waals surface area contributed by atoms with Gasteiger partial charge in [0.2, 0.25) is 0 Å². The van der Waals surface area contributed by atoms with Gasteiger partial charge in [-0.15, -0.1) is 0 Å². The van der Waals surface area contributed by atoms with Crippen LogP contribution in [0.4, 0.5) is 0 Å². The molecule has 0 aliphatic carbocycles. The number of carbonyl (C=O) groups is 1. The first kappa shape index (κ1) is 10.6. The van der Waals surface area contributed by atoms with E-state index in [2.05, 4.69) is 15.0 Å². The molecule has 2 rings (SSSR count). The Labute approximate surface area is 92.9 Å². The van der Waals surface area contributed by atoms with Crippen molar-refractivity contribution in [2.24, 2.45) is 0 Å². The fourth-order valence-electron chi connectivity index (χ4n) is 1.27. The highest BCUT2D eigenvalue weighted by molar-refractivity contribution is 5.89. The predicted octanol–water partition coefficient (Wildman–Crippen LogP) is 1.91. The number of rotatable bonds is 1. The number of nitrogens with one attached hydrogen (secondary N) is 1. The maximum atomic E-state index is 11.7. The lowest BCUT2D eigenvalue weighted by molar-refractivity contribution is 0.00632. The third kappa shape index (κ3) is 2.18. The molecule has 2 heterocycles. The standard InChI is InChI=1S/C11H13N3O2/c1-11(2,3)16-10(15)8-5-4-7-9(14-8)13-6-12-7/h4-6H,1-3H3,(H,12,13,14). The molecule has 0 atom stereocenters. The van der Waals surface area contributed by atoms with Crippen LogP contribution in [0.15, 0.2) is 18.5 Å². The van der Waals surface area contributed by atoms with Crippen LogP contribution in [0.1, 0.15) is 31.3 Å². The van der Waals surface area contributed by atoms with E-state index in [1.54, 1.807) is 12.1 Å². The van der Waals surface area contributed by atoms with Gasteiger partial charge in [-0.25, -0.2) is 14.8 Å². The van der Waals surface area contributed by atoms with Gasteiger partial charge in [0.15, 0.2) is 11.3 Å². The summed E-state index contributed by atoms with van der Waals surface area (Å²) in [6.45, 7) is 5.45. The van der Waals surface area contributed by atoms with E-state index in [1.165, 1.54) is 6.33 Å². The Morgan fingerprint density at radius 3 is 2.81 bits per heavy atom. The molecule has 0 saturated carbocycles. The van der Waals surface area contributed by atoms with Crippen molar-refractivity contribution in [3.8, 4) is 0 Å². The molecule has 84 valence electrons. The number of nitrogens with zero attached hydrogens (tertiary/aromatic N) is 2. The second-order valence-electron chi connectivity index (χ2n) is 4.47. The van der Waals surface area contributed by atoms with Gasteiger partial charge in [-0.3, -0.25) is 0 Å². The molecule has 0 aliphatic rings. The summed E-state index contributed by atoms with van der Waals surface area (Å²) in [7, 11) is 0. The highest BCUT2D eigenvalue weighted by Crippen LogP contribution is 2.13. The molecule has 0 amide bonds. The Balaban J connectivity index is 2.29. The fourth-order valence-corrected chi connectivity index (χ4v) is 1.27. The minimum Gasteiger partial charge on any atom is -0.455 e. The maximum absolute atomic E-state index is 11.7. The number of carbonyl (C=O) groups excluding carboxylic acids is 1. The van der Waals surface area contributed by atoms with E-state index in [0.29, 0.717) is 5.65 Å². The van der Waals surface area contributed by atoms with Crippen LogP contribution in [0, 0.1) is 0 Å². The predicted molar refractivity (Wildman–Crippen MR) is 59.1 cm³/mol. The van der Waals surface area contributed by atoms with Gasteiger partial charge in [0, 0.05) is 0 Å². The van der Waals surface area contributed by atoms with E-state index in [9.17, 15) is 4.79 Å². The fraction of sp³-hybridized carbons (Fsp3) is 0.364. The van der Waals surface area contributed by atoms with Crippen molar-refractivity contribution in [1.82, 2.24) is 15.0 Å². The van der Waals surface area contributed by atoms with Crippen LogP contribution in [0.3, 0.4) is 0 Å². The Hall–Kier alpha value is -1.91. The van der Waals surface area contributed by atoms with Crippen molar-refractivity contribution in [3.63, 3.8) is 0 Å². The minimum absolute atomic E-state index is 0.273. The number of aromatic nitrogens is 3. The molecule has 0 radical (unpaired) electrons. The molecule has 0 unspecified atom stereocenters. The van der Waals surface area contributed by atoms with Crippen molar-refractivity contribution in [1.29, 1.82) is 0 Å². The summed E-state index contributed by atoms with van der Waals surface area (Å²) in [5.74, 6) is -0.433. The van der Waals surface area contributed by atoms with E-state index in [1.807, 2.05) is 20.8 Å². The van der Waals surface area contributed by atoms with Gasteiger partial charge in [0.25, 0.3) is 0 Å². The Morgan fingerprint density at radius 1 is 1.38 bits per heavy atom. The van der Waals surface area contributed by atoms with Crippen molar-refractivity contribution < 1.29 is 9.53 Å². The molecule has 2 aromatic rings. The number of hydrogen-bond acceptors (Lipinski definition) is 4. The molecule has 0 saturated heterocycles. The number of imidazole rings is 1. The second-order valence-corrected chi connectivity index (χ2v) is 4.47. The van der Waals surface area contributed by atoms with E-state index in [0.717, 1.165) is 5.52 Å². The van der Waals surface area contributed by atoms with Gasteiger partial charge in [-0.1, -0.05) is 0 Å². The first-order valence-corrected chi connectivity index (χ1v) is 4.99. The third-order valence-corrected chi connectivity index (χ3v) is 1.89. The van der Waals surface area contributed by atoms with Crippen LogP contribution in [0.5, 0.6) is 0 Å². The number of pyridine rings is 1.